The molecule has 0 aromatic carbocycles. The van der Waals surface area contributed by atoms with Crippen LogP contribution >= 0.6 is 24.4 Å². The number of nitrogens with zero attached hydrogens (tertiary/aromatic N) is 2. The van der Waals surface area contributed by atoms with E-state index in [1.807, 2.05) is 18.0 Å². The summed E-state index contributed by atoms with van der Waals surface area (Å²) in [6.45, 7) is 7.16. The third kappa shape index (κ3) is 3.88. The third-order valence-corrected chi connectivity index (χ3v) is 4.62. The second kappa shape index (κ2) is 7.38. The number of rotatable bonds is 5. The van der Waals surface area contributed by atoms with E-state index in [0.29, 0.717) is 5.75 Å². The Labute approximate surface area is 119 Å². The van der Waals surface area contributed by atoms with Crippen LogP contribution in [0.25, 0.3) is 0 Å². The molecule has 0 N–H and O–H groups in total. The van der Waals surface area contributed by atoms with E-state index in [-0.39, 0.29) is 0 Å². The van der Waals surface area contributed by atoms with E-state index in [1.165, 1.54) is 10.5 Å². The van der Waals surface area contributed by atoms with E-state index in [2.05, 4.69) is 35.5 Å². The maximum atomic E-state index is 5.35. The number of thiol groups is 1. The summed E-state index contributed by atoms with van der Waals surface area (Å²) in [4.78, 5) is 8.14. The molecule has 5 heteroatoms. The van der Waals surface area contributed by atoms with Crippen LogP contribution in [0.15, 0.2) is 17.2 Å². The van der Waals surface area contributed by atoms with E-state index >= 15 is 0 Å². The topological polar surface area (TPSA) is 25.4 Å². The monoisotopic (exact) mass is 284 g/mol. The van der Waals surface area contributed by atoms with Gasteiger partial charge in [0.05, 0.1) is 18.9 Å². The minimum atomic E-state index is 0.712. The highest BCUT2D eigenvalue weighted by molar-refractivity contribution is 7.99. The molecular weight excluding hydrogens is 264 g/mol. The van der Waals surface area contributed by atoms with Crippen molar-refractivity contribution in [2.75, 3.05) is 38.6 Å². The van der Waals surface area contributed by atoms with Gasteiger partial charge in [0.2, 0.25) is 0 Å². The minimum absolute atomic E-state index is 0.712. The number of morpholine rings is 1. The molecule has 0 aliphatic carbocycles. The smallest absolute Gasteiger partial charge is 0.0594 e. The second-order valence-electron chi connectivity index (χ2n) is 4.34. The first-order valence-corrected chi connectivity index (χ1v) is 7.91. The van der Waals surface area contributed by atoms with Crippen molar-refractivity contribution in [2.24, 2.45) is 0 Å². The normalized spacial score (nSPS) is 17.0. The van der Waals surface area contributed by atoms with Crippen LogP contribution in [-0.2, 0) is 10.5 Å². The number of hydrogen-bond acceptors (Lipinski definition) is 5. The molecule has 0 unspecified atom stereocenters. The molecule has 1 aliphatic heterocycles. The van der Waals surface area contributed by atoms with Crippen molar-refractivity contribution < 1.29 is 4.74 Å². The van der Waals surface area contributed by atoms with Crippen molar-refractivity contribution in [3.05, 3.63) is 23.5 Å². The molecule has 1 aromatic rings. The van der Waals surface area contributed by atoms with Gasteiger partial charge < -0.3 is 4.74 Å². The zero-order valence-electron chi connectivity index (χ0n) is 10.8. The van der Waals surface area contributed by atoms with Crippen LogP contribution in [0.1, 0.15) is 11.3 Å². The predicted molar refractivity (Wildman–Crippen MR) is 79.6 cm³/mol. The molecule has 0 amide bonds. The van der Waals surface area contributed by atoms with Crippen LogP contribution in [0.4, 0.5) is 0 Å². The fraction of sp³-hybridized carbons (Fsp3) is 0.615. The largest absolute Gasteiger partial charge is 0.379 e. The summed E-state index contributed by atoms with van der Waals surface area (Å²) in [5, 5.41) is 0. The number of aromatic nitrogens is 1. The van der Waals surface area contributed by atoms with E-state index in [9.17, 15) is 0 Å². The molecule has 2 rings (SSSR count). The third-order valence-electron chi connectivity index (χ3n) is 3.18. The summed E-state index contributed by atoms with van der Waals surface area (Å²) in [7, 11) is 0. The van der Waals surface area contributed by atoms with E-state index in [4.69, 9.17) is 4.74 Å². The van der Waals surface area contributed by atoms with Gasteiger partial charge in [0, 0.05) is 42.2 Å². The highest BCUT2D eigenvalue weighted by Gasteiger charge is 2.10. The lowest BCUT2D eigenvalue weighted by Gasteiger charge is -2.26. The van der Waals surface area contributed by atoms with Gasteiger partial charge in [-0.2, -0.15) is 12.6 Å². The SMILES string of the molecule is Cc1c(SCCN2CCOCC2)ccnc1CS. The highest BCUT2D eigenvalue weighted by Crippen LogP contribution is 2.24. The molecule has 0 bridgehead atoms. The predicted octanol–water partition coefficient (Wildman–Crippen LogP) is 2.24. The quantitative estimate of drug-likeness (QED) is 0.662. The van der Waals surface area contributed by atoms with Crippen molar-refractivity contribution >= 4 is 24.4 Å². The van der Waals surface area contributed by atoms with Gasteiger partial charge in [-0.1, -0.05) is 0 Å². The second-order valence-corrected chi connectivity index (χ2v) is 5.79. The van der Waals surface area contributed by atoms with Gasteiger partial charge in [-0.25, -0.2) is 0 Å². The van der Waals surface area contributed by atoms with Crippen LogP contribution in [0, 0.1) is 6.92 Å². The maximum Gasteiger partial charge on any atom is 0.0594 e. The Morgan fingerprint density at radius 3 is 2.94 bits per heavy atom. The molecule has 0 atom stereocenters. The minimum Gasteiger partial charge on any atom is -0.379 e. The molecule has 18 heavy (non-hydrogen) atoms. The van der Waals surface area contributed by atoms with Gasteiger partial charge in [-0.3, -0.25) is 9.88 Å². The number of pyridine rings is 1. The van der Waals surface area contributed by atoms with Gasteiger partial charge in [-0.05, 0) is 18.6 Å². The van der Waals surface area contributed by atoms with Crippen molar-refractivity contribution in [1.29, 1.82) is 0 Å². The van der Waals surface area contributed by atoms with E-state index < -0.39 is 0 Å². The fourth-order valence-corrected chi connectivity index (χ4v) is 3.36. The Bertz CT molecular complexity index is 381. The summed E-state index contributed by atoms with van der Waals surface area (Å²) < 4.78 is 5.35. The van der Waals surface area contributed by atoms with Gasteiger partial charge in [0.25, 0.3) is 0 Å². The van der Waals surface area contributed by atoms with Crippen molar-refractivity contribution in [3.63, 3.8) is 0 Å². The molecule has 0 radical (unpaired) electrons. The molecule has 0 spiro atoms. The molecule has 3 nitrogen and oxygen atoms in total. The number of ether oxygens (including phenoxy) is 1. The Balaban J connectivity index is 1.82. The Morgan fingerprint density at radius 1 is 1.44 bits per heavy atom. The molecule has 0 saturated carbocycles. The van der Waals surface area contributed by atoms with Crippen molar-refractivity contribution in [2.45, 2.75) is 17.6 Å². The molecule has 1 saturated heterocycles. The lowest BCUT2D eigenvalue weighted by atomic mass is 10.2. The molecule has 2 heterocycles. The number of hydrogen-bond donors (Lipinski definition) is 1. The summed E-state index contributed by atoms with van der Waals surface area (Å²) in [6.07, 6.45) is 1.88. The zero-order chi connectivity index (χ0) is 12.8. The first kappa shape index (κ1) is 14.2. The Hall–Kier alpha value is -0.230. The standard InChI is InChI=1S/C13H20N2OS2/c1-11-12(10-17)14-3-2-13(11)18-9-6-15-4-7-16-8-5-15/h2-3,17H,4-10H2,1H3. The molecule has 1 fully saturated rings. The van der Waals surface area contributed by atoms with Crippen molar-refractivity contribution in [1.82, 2.24) is 9.88 Å². The molecule has 100 valence electrons. The maximum absolute atomic E-state index is 5.35. The molecule has 1 aliphatic rings. The van der Waals surface area contributed by atoms with E-state index in [0.717, 1.165) is 44.3 Å². The van der Waals surface area contributed by atoms with Gasteiger partial charge >= 0.3 is 0 Å². The van der Waals surface area contributed by atoms with Crippen molar-refractivity contribution in [3.8, 4) is 0 Å². The van der Waals surface area contributed by atoms with Gasteiger partial charge in [0.1, 0.15) is 0 Å². The summed E-state index contributed by atoms with van der Waals surface area (Å²) in [5.74, 6) is 1.83. The lowest BCUT2D eigenvalue weighted by Crippen LogP contribution is -2.37. The first-order chi connectivity index (χ1) is 8.81. The first-order valence-electron chi connectivity index (χ1n) is 6.29. The van der Waals surface area contributed by atoms with Crippen LogP contribution in [0.3, 0.4) is 0 Å². The number of thioether (sulfide) groups is 1. The van der Waals surface area contributed by atoms with Gasteiger partial charge in [-0.15, -0.1) is 11.8 Å². The summed E-state index contributed by atoms with van der Waals surface area (Å²) in [6, 6.07) is 2.10. The molecule has 1 aromatic heterocycles. The average molecular weight is 284 g/mol. The van der Waals surface area contributed by atoms with Crippen LogP contribution < -0.4 is 0 Å². The van der Waals surface area contributed by atoms with Crippen LogP contribution in [0.5, 0.6) is 0 Å². The van der Waals surface area contributed by atoms with Gasteiger partial charge in [0.15, 0.2) is 0 Å². The van der Waals surface area contributed by atoms with Crippen LogP contribution in [0.2, 0.25) is 0 Å². The molecular formula is C13H20N2OS2. The highest BCUT2D eigenvalue weighted by atomic mass is 32.2. The summed E-state index contributed by atoms with van der Waals surface area (Å²) in [5.41, 5.74) is 2.37. The summed E-state index contributed by atoms with van der Waals surface area (Å²) >= 11 is 6.22. The Kier molecular flexibility index (Phi) is 5.82. The average Bonchev–Trinajstić information content (AvgIpc) is 2.42. The van der Waals surface area contributed by atoms with Crippen LogP contribution in [-0.4, -0.2) is 48.5 Å². The van der Waals surface area contributed by atoms with E-state index in [1.54, 1.807) is 0 Å². The lowest BCUT2D eigenvalue weighted by molar-refractivity contribution is 0.0410. The fourth-order valence-electron chi connectivity index (χ4n) is 1.98. The Morgan fingerprint density at radius 2 is 2.22 bits per heavy atom. The zero-order valence-corrected chi connectivity index (χ0v) is 12.5.